The van der Waals surface area contributed by atoms with Crippen molar-refractivity contribution in [2.24, 2.45) is 5.92 Å². The number of carbonyl (C=O) groups excluding carboxylic acids is 3. The number of rotatable bonds is 7. The van der Waals surface area contributed by atoms with E-state index in [0.717, 1.165) is 6.42 Å². The highest BCUT2D eigenvalue weighted by Gasteiger charge is 2.14. The van der Waals surface area contributed by atoms with E-state index < -0.39 is 11.8 Å². The average molecular weight is 383 g/mol. The van der Waals surface area contributed by atoms with E-state index >= 15 is 0 Å². The number of hydrogen-bond acceptors (Lipinski definition) is 4. The Balaban J connectivity index is 1.95. The molecule has 7 heteroatoms. The molecule has 148 valence electrons. The van der Waals surface area contributed by atoms with E-state index in [-0.39, 0.29) is 11.8 Å². The largest absolute Gasteiger partial charge is 0.493 e. The molecule has 0 heterocycles. The van der Waals surface area contributed by atoms with Crippen LogP contribution in [-0.2, 0) is 4.79 Å². The van der Waals surface area contributed by atoms with Crippen LogP contribution in [-0.4, -0.2) is 24.3 Å². The highest BCUT2D eigenvalue weighted by atomic mass is 16.5. The van der Waals surface area contributed by atoms with Crippen LogP contribution < -0.4 is 20.9 Å². The summed E-state index contributed by atoms with van der Waals surface area (Å²) in [5, 5.41) is 2.75. The molecule has 2 aromatic carbocycles. The molecule has 2 aromatic rings. The van der Waals surface area contributed by atoms with Gasteiger partial charge in [0, 0.05) is 17.2 Å². The zero-order valence-corrected chi connectivity index (χ0v) is 16.2. The highest BCUT2D eigenvalue weighted by molar-refractivity contribution is 6.00. The van der Waals surface area contributed by atoms with Crippen molar-refractivity contribution in [2.45, 2.75) is 27.2 Å². The first-order chi connectivity index (χ1) is 13.4. The van der Waals surface area contributed by atoms with Crippen LogP contribution in [0.25, 0.3) is 0 Å². The van der Waals surface area contributed by atoms with Crippen LogP contribution in [0.4, 0.5) is 5.69 Å². The van der Waals surface area contributed by atoms with Crippen LogP contribution in [0.1, 0.15) is 47.9 Å². The molecule has 0 bridgehead atoms. The number of anilines is 1. The molecule has 0 aliphatic carbocycles. The Morgan fingerprint density at radius 2 is 1.57 bits per heavy atom. The molecule has 3 N–H and O–H groups in total. The molecule has 0 aliphatic heterocycles. The van der Waals surface area contributed by atoms with Gasteiger partial charge in [-0.2, -0.15) is 0 Å². The maximum atomic E-state index is 12.4. The van der Waals surface area contributed by atoms with E-state index in [4.69, 9.17) is 4.74 Å². The average Bonchev–Trinajstić information content (AvgIpc) is 2.70. The van der Waals surface area contributed by atoms with Gasteiger partial charge in [-0.3, -0.25) is 25.2 Å². The van der Waals surface area contributed by atoms with Crippen molar-refractivity contribution in [3.8, 4) is 5.75 Å². The molecule has 0 fully saturated rings. The van der Waals surface area contributed by atoms with Gasteiger partial charge < -0.3 is 10.1 Å². The molecule has 0 atom stereocenters. The standard InChI is InChI=1S/C21H25N3O4/c1-4-13-28-18-8-6-5-7-17(18)21(27)24-23-20(26)15-9-11-16(12-10-15)22-19(25)14(2)3/h5-12,14H,4,13H2,1-3H3,(H,22,25)(H,23,26)(H,24,27). The molecule has 3 amide bonds. The molecule has 0 saturated heterocycles. The first-order valence-electron chi connectivity index (χ1n) is 9.15. The summed E-state index contributed by atoms with van der Waals surface area (Å²) in [6, 6.07) is 13.2. The minimum absolute atomic E-state index is 0.103. The Hall–Kier alpha value is -3.35. The summed E-state index contributed by atoms with van der Waals surface area (Å²) in [7, 11) is 0. The molecule has 28 heavy (non-hydrogen) atoms. The normalized spacial score (nSPS) is 10.3. The number of carbonyl (C=O) groups is 3. The number of hydrogen-bond donors (Lipinski definition) is 3. The van der Waals surface area contributed by atoms with Crippen LogP contribution >= 0.6 is 0 Å². The van der Waals surface area contributed by atoms with Gasteiger partial charge in [0.1, 0.15) is 5.75 Å². The lowest BCUT2D eigenvalue weighted by molar-refractivity contribution is -0.118. The van der Waals surface area contributed by atoms with Crippen LogP contribution in [0.15, 0.2) is 48.5 Å². The van der Waals surface area contributed by atoms with Gasteiger partial charge in [0.2, 0.25) is 5.91 Å². The third kappa shape index (κ3) is 5.84. The second kappa shape index (κ2) is 10.1. The Bertz CT molecular complexity index is 832. The van der Waals surface area contributed by atoms with E-state index in [1.54, 1.807) is 62.4 Å². The van der Waals surface area contributed by atoms with Crippen molar-refractivity contribution < 1.29 is 19.1 Å². The lowest BCUT2D eigenvalue weighted by Gasteiger charge is -2.12. The van der Waals surface area contributed by atoms with Gasteiger partial charge in [0.15, 0.2) is 0 Å². The minimum Gasteiger partial charge on any atom is -0.493 e. The fourth-order valence-electron chi connectivity index (χ4n) is 2.24. The summed E-state index contributed by atoms with van der Waals surface area (Å²) in [5.74, 6) is -0.722. The van der Waals surface area contributed by atoms with E-state index in [9.17, 15) is 14.4 Å². The Morgan fingerprint density at radius 3 is 2.21 bits per heavy atom. The first-order valence-corrected chi connectivity index (χ1v) is 9.15. The van der Waals surface area contributed by atoms with Crippen LogP contribution in [0.2, 0.25) is 0 Å². The minimum atomic E-state index is -0.471. The van der Waals surface area contributed by atoms with E-state index in [0.29, 0.717) is 29.2 Å². The third-order valence-electron chi connectivity index (χ3n) is 3.82. The summed E-state index contributed by atoms with van der Waals surface area (Å²) in [5.41, 5.74) is 6.05. The zero-order valence-electron chi connectivity index (χ0n) is 16.2. The molecule has 2 rings (SSSR count). The van der Waals surface area contributed by atoms with Gasteiger partial charge in [0.25, 0.3) is 11.8 Å². The lowest BCUT2D eigenvalue weighted by atomic mass is 10.1. The molecule has 7 nitrogen and oxygen atoms in total. The number of amides is 3. The molecular formula is C21H25N3O4. The zero-order chi connectivity index (χ0) is 20.5. The molecular weight excluding hydrogens is 358 g/mol. The SMILES string of the molecule is CCCOc1ccccc1C(=O)NNC(=O)c1ccc(NC(=O)C(C)C)cc1. The molecule has 0 radical (unpaired) electrons. The fourth-order valence-corrected chi connectivity index (χ4v) is 2.24. The van der Waals surface area contributed by atoms with E-state index in [2.05, 4.69) is 16.2 Å². The predicted molar refractivity (Wildman–Crippen MR) is 107 cm³/mol. The van der Waals surface area contributed by atoms with E-state index in [1.165, 1.54) is 0 Å². The monoisotopic (exact) mass is 383 g/mol. The molecule has 0 aromatic heterocycles. The summed E-state index contributed by atoms with van der Waals surface area (Å²) in [6.45, 7) is 6.06. The quantitative estimate of drug-likeness (QED) is 0.640. The molecule has 0 unspecified atom stereocenters. The van der Waals surface area contributed by atoms with Crippen molar-refractivity contribution in [1.82, 2.24) is 10.9 Å². The van der Waals surface area contributed by atoms with Crippen molar-refractivity contribution in [2.75, 3.05) is 11.9 Å². The maximum absolute atomic E-state index is 12.4. The molecule has 0 spiro atoms. The Labute approximate surface area is 164 Å². The Morgan fingerprint density at radius 1 is 0.929 bits per heavy atom. The summed E-state index contributed by atoms with van der Waals surface area (Å²) in [6.07, 6.45) is 0.820. The van der Waals surface area contributed by atoms with Crippen molar-refractivity contribution in [3.63, 3.8) is 0 Å². The van der Waals surface area contributed by atoms with E-state index in [1.807, 2.05) is 6.92 Å². The van der Waals surface area contributed by atoms with Gasteiger partial charge in [0.05, 0.1) is 12.2 Å². The van der Waals surface area contributed by atoms with Gasteiger partial charge in [-0.25, -0.2) is 0 Å². The second-order valence-electron chi connectivity index (χ2n) is 6.47. The van der Waals surface area contributed by atoms with Crippen molar-refractivity contribution >= 4 is 23.4 Å². The Kier molecular flexibility index (Phi) is 7.56. The molecule has 0 aliphatic rings. The predicted octanol–water partition coefficient (Wildman–Crippen LogP) is 3.14. The number of hydrazine groups is 1. The topological polar surface area (TPSA) is 96.5 Å². The lowest BCUT2D eigenvalue weighted by Crippen LogP contribution is -2.41. The van der Waals surface area contributed by atoms with Crippen LogP contribution in [0.3, 0.4) is 0 Å². The van der Waals surface area contributed by atoms with Crippen molar-refractivity contribution in [1.29, 1.82) is 0 Å². The van der Waals surface area contributed by atoms with Crippen LogP contribution in [0, 0.1) is 5.92 Å². The number of ether oxygens (including phenoxy) is 1. The number of para-hydroxylation sites is 1. The maximum Gasteiger partial charge on any atom is 0.273 e. The van der Waals surface area contributed by atoms with Gasteiger partial charge in [-0.05, 0) is 42.8 Å². The third-order valence-corrected chi connectivity index (χ3v) is 3.82. The second-order valence-corrected chi connectivity index (χ2v) is 6.47. The summed E-state index contributed by atoms with van der Waals surface area (Å²) < 4.78 is 5.55. The number of nitrogens with one attached hydrogen (secondary N) is 3. The van der Waals surface area contributed by atoms with Gasteiger partial charge >= 0.3 is 0 Å². The van der Waals surface area contributed by atoms with Crippen molar-refractivity contribution in [3.05, 3.63) is 59.7 Å². The van der Waals surface area contributed by atoms with Gasteiger partial charge in [-0.1, -0.05) is 32.9 Å². The summed E-state index contributed by atoms with van der Waals surface area (Å²) in [4.78, 5) is 36.3. The number of benzene rings is 2. The highest BCUT2D eigenvalue weighted by Crippen LogP contribution is 2.18. The fraction of sp³-hybridized carbons (Fsp3) is 0.286. The van der Waals surface area contributed by atoms with Gasteiger partial charge in [-0.15, -0.1) is 0 Å². The summed E-state index contributed by atoms with van der Waals surface area (Å²) >= 11 is 0. The molecule has 0 saturated carbocycles. The first kappa shape index (κ1) is 21.0. The van der Waals surface area contributed by atoms with Crippen LogP contribution in [0.5, 0.6) is 5.75 Å². The smallest absolute Gasteiger partial charge is 0.273 e.